The lowest BCUT2D eigenvalue weighted by Gasteiger charge is -1.99. The van der Waals surface area contributed by atoms with E-state index in [2.05, 4.69) is 4.99 Å². The van der Waals surface area contributed by atoms with Crippen molar-refractivity contribution in [3.05, 3.63) is 0 Å². The van der Waals surface area contributed by atoms with Crippen LogP contribution in [0, 0.1) is 0 Å². The summed E-state index contributed by atoms with van der Waals surface area (Å²) in [5.41, 5.74) is 10.3. The summed E-state index contributed by atoms with van der Waals surface area (Å²) in [5, 5.41) is 0.416. The number of amidine groups is 1. The molecule has 4 nitrogen and oxygen atoms in total. The van der Waals surface area contributed by atoms with Crippen molar-refractivity contribution in [3.63, 3.8) is 0 Å². The average Bonchev–Trinajstić information content (AvgIpc) is 1.82. The fraction of sp³-hybridized carbons (Fsp3) is 0.667. The highest BCUT2D eigenvalue weighted by atomic mass is 35.5. The zero-order valence-electron chi connectivity index (χ0n) is 7.11. The minimum Gasteiger partial charge on any atom is -0.379 e. The third-order valence-corrected chi connectivity index (χ3v) is 1.58. The second-order valence-electron chi connectivity index (χ2n) is 2.32. The van der Waals surface area contributed by atoms with Crippen LogP contribution < -0.4 is 11.5 Å². The van der Waals surface area contributed by atoms with Gasteiger partial charge in [-0.15, -0.1) is 12.4 Å². The zero-order chi connectivity index (χ0) is 8.85. The van der Waals surface area contributed by atoms with Crippen LogP contribution in [0.3, 0.4) is 0 Å². The lowest BCUT2D eigenvalue weighted by molar-refractivity contribution is -0.115. The zero-order valence-corrected chi connectivity index (χ0v) is 8.74. The lowest BCUT2D eigenvalue weighted by Crippen LogP contribution is -2.18. The highest BCUT2D eigenvalue weighted by molar-refractivity contribution is 8.14. The highest BCUT2D eigenvalue weighted by Crippen LogP contribution is 2.00. The van der Waals surface area contributed by atoms with Gasteiger partial charge in [-0.05, 0) is 13.8 Å². The van der Waals surface area contributed by atoms with E-state index in [-0.39, 0.29) is 30.1 Å². The van der Waals surface area contributed by atoms with Crippen molar-refractivity contribution in [3.8, 4) is 0 Å². The van der Waals surface area contributed by atoms with Gasteiger partial charge in [-0.2, -0.15) is 0 Å². The number of rotatable bonds is 3. The van der Waals surface area contributed by atoms with Crippen LogP contribution in [0.15, 0.2) is 4.99 Å². The summed E-state index contributed by atoms with van der Waals surface area (Å²) in [5.74, 6) is -0.181. The van der Waals surface area contributed by atoms with E-state index in [0.717, 1.165) is 0 Å². The van der Waals surface area contributed by atoms with Gasteiger partial charge < -0.3 is 11.5 Å². The molecule has 0 bridgehead atoms. The first kappa shape index (κ1) is 14.1. The quantitative estimate of drug-likeness (QED) is 0.522. The average molecular weight is 212 g/mol. The Hall–Kier alpha value is -0.420. The number of amides is 1. The number of halogens is 1. The van der Waals surface area contributed by atoms with Crippen LogP contribution in [0.2, 0.25) is 0 Å². The number of nitrogens with zero attached hydrogens (tertiary/aromatic N) is 1. The van der Waals surface area contributed by atoms with Crippen molar-refractivity contribution in [2.75, 3.05) is 5.75 Å². The maximum Gasteiger partial charge on any atom is 0.227 e. The monoisotopic (exact) mass is 211 g/mol. The molecule has 0 rings (SSSR count). The van der Waals surface area contributed by atoms with Crippen LogP contribution in [0.25, 0.3) is 0 Å². The summed E-state index contributed by atoms with van der Waals surface area (Å²) in [6.07, 6.45) is 0. The molecule has 1 amide bonds. The third kappa shape index (κ3) is 9.58. The summed E-state index contributed by atoms with van der Waals surface area (Å²) in [6, 6.07) is 0.162. The van der Waals surface area contributed by atoms with Gasteiger partial charge in [-0.3, -0.25) is 9.79 Å². The smallest absolute Gasteiger partial charge is 0.227 e. The molecular weight excluding hydrogens is 198 g/mol. The number of primary amides is 1. The summed E-state index contributed by atoms with van der Waals surface area (Å²) >= 11 is 1.17. The van der Waals surface area contributed by atoms with Gasteiger partial charge >= 0.3 is 0 Å². The van der Waals surface area contributed by atoms with E-state index in [9.17, 15) is 4.79 Å². The molecule has 0 aliphatic rings. The molecule has 0 atom stereocenters. The second-order valence-corrected chi connectivity index (χ2v) is 3.31. The van der Waals surface area contributed by atoms with Gasteiger partial charge in [0.1, 0.15) is 0 Å². The summed E-state index contributed by atoms with van der Waals surface area (Å²) < 4.78 is 0. The van der Waals surface area contributed by atoms with Crippen molar-refractivity contribution in [1.29, 1.82) is 0 Å². The Bertz CT molecular complexity index is 172. The molecule has 0 radical (unpaired) electrons. The lowest BCUT2D eigenvalue weighted by atomic mass is 10.4. The molecule has 12 heavy (non-hydrogen) atoms. The third-order valence-electron chi connectivity index (χ3n) is 0.748. The van der Waals surface area contributed by atoms with E-state index in [1.54, 1.807) is 0 Å². The van der Waals surface area contributed by atoms with Gasteiger partial charge in [0.15, 0.2) is 5.17 Å². The number of hydrogen-bond acceptors (Lipinski definition) is 3. The number of carbonyl (C=O) groups is 1. The van der Waals surface area contributed by atoms with Gasteiger partial charge in [0.25, 0.3) is 0 Å². The number of hydrogen-bond donors (Lipinski definition) is 2. The molecular formula is C6H14ClN3OS. The first-order chi connectivity index (χ1) is 5.02. The van der Waals surface area contributed by atoms with Gasteiger partial charge in [0.2, 0.25) is 5.91 Å². The Morgan fingerprint density at radius 3 is 2.33 bits per heavy atom. The fourth-order valence-electron chi connectivity index (χ4n) is 0.437. The van der Waals surface area contributed by atoms with E-state index < -0.39 is 0 Å². The van der Waals surface area contributed by atoms with Crippen molar-refractivity contribution in [2.45, 2.75) is 19.9 Å². The van der Waals surface area contributed by atoms with Crippen molar-refractivity contribution in [2.24, 2.45) is 16.5 Å². The van der Waals surface area contributed by atoms with Crippen molar-refractivity contribution < 1.29 is 4.79 Å². The van der Waals surface area contributed by atoms with Gasteiger partial charge in [0.05, 0.1) is 5.75 Å². The van der Waals surface area contributed by atoms with Gasteiger partial charge in [-0.25, -0.2) is 0 Å². The molecule has 0 spiro atoms. The molecule has 0 aromatic carbocycles. The fourth-order valence-corrected chi connectivity index (χ4v) is 1.01. The highest BCUT2D eigenvalue weighted by Gasteiger charge is 1.98. The molecule has 0 aromatic rings. The van der Waals surface area contributed by atoms with Gasteiger partial charge in [-0.1, -0.05) is 11.8 Å². The maximum atomic E-state index is 10.3. The largest absolute Gasteiger partial charge is 0.379 e. The molecule has 4 N–H and O–H groups in total. The number of aliphatic imine (C=N–C) groups is 1. The van der Waals surface area contributed by atoms with Crippen LogP contribution in [0.4, 0.5) is 0 Å². The van der Waals surface area contributed by atoms with Crippen molar-refractivity contribution >= 4 is 35.2 Å². The molecule has 0 saturated carbocycles. The first-order valence-corrected chi connectivity index (χ1v) is 4.25. The minimum atomic E-state index is -0.378. The van der Waals surface area contributed by atoms with Crippen LogP contribution in [-0.4, -0.2) is 22.9 Å². The minimum absolute atomic E-state index is 0. The van der Waals surface area contributed by atoms with E-state index in [4.69, 9.17) is 11.5 Å². The molecule has 0 heterocycles. The molecule has 72 valence electrons. The molecule has 6 heteroatoms. The Labute approximate surface area is 82.6 Å². The number of carbonyl (C=O) groups excluding carboxylic acids is 1. The Balaban J connectivity index is 0. The first-order valence-electron chi connectivity index (χ1n) is 3.26. The molecule has 0 aliphatic heterocycles. The SMILES string of the molecule is CC(C)N=C(N)SCC(N)=O.Cl. The Morgan fingerprint density at radius 1 is 1.50 bits per heavy atom. The van der Waals surface area contributed by atoms with Crippen LogP contribution >= 0.6 is 24.2 Å². The van der Waals surface area contributed by atoms with Crippen LogP contribution in [-0.2, 0) is 4.79 Å². The normalized spacial score (nSPS) is 11.1. The predicted molar refractivity (Wildman–Crippen MR) is 55.7 cm³/mol. The predicted octanol–water partition coefficient (Wildman–Crippen LogP) is 0.350. The summed E-state index contributed by atoms with van der Waals surface area (Å²) in [6.45, 7) is 3.83. The molecule has 0 aromatic heterocycles. The van der Waals surface area contributed by atoms with E-state index in [0.29, 0.717) is 5.17 Å². The topological polar surface area (TPSA) is 81.5 Å². The Kier molecular flexibility index (Phi) is 8.52. The molecule has 0 unspecified atom stereocenters. The molecule has 0 fully saturated rings. The Morgan fingerprint density at radius 2 is 2.00 bits per heavy atom. The van der Waals surface area contributed by atoms with E-state index >= 15 is 0 Å². The number of thioether (sulfide) groups is 1. The summed E-state index contributed by atoms with van der Waals surface area (Å²) in [7, 11) is 0. The molecule has 0 aliphatic carbocycles. The van der Waals surface area contributed by atoms with Crippen molar-refractivity contribution in [1.82, 2.24) is 0 Å². The van der Waals surface area contributed by atoms with E-state index in [1.165, 1.54) is 11.8 Å². The molecule has 0 saturated heterocycles. The van der Waals surface area contributed by atoms with Crippen LogP contribution in [0.1, 0.15) is 13.8 Å². The second kappa shape index (κ2) is 7.24. The maximum absolute atomic E-state index is 10.3. The van der Waals surface area contributed by atoms with E-state index in [1.807, 2.05) is 13.8 Å². The van der Waals surface area contributed by atoms with Crippen LogP contribution in [0.5, 0.6) is 0 Å². The number of nitrogens with two attached hydrogens (primary N) is 2. The van der Waals surface area contributed by atoms with Gasteiger partial charge in [0, 0.05) is 6.04 Å². The summed E-state index contributed by atoms with van der Waals surface area (Å²) in [4.78, 5) is 14.3. The standard InChI is InChI=1S/C6H13N3OS.ClH/c1-4(2)9-6(8)11-3-5(7)10;/h4H,3H2,1-2H3,(H2,7,10)(H2,8,9);1H.